The molecule has 0 amide bonds. The summed E-state index contributed by atoms with van der Waals surface area (Å²) in [4.78, 5) is 24.3. The van der Waals surface area contributed by atoms with Crippen LogP contribution in [-0.4, -0.2) is 60.5 Å². The monoisotopic (exact) mass is 532 g/mol. The van der Waals surface area contributed by atoms with Gasteiger partial charge in [0.05, 0.1) is 22.3 Å². The number of hydrogen-bond donors (Lipinski definition) is 2. The number of aryl methyl sites for hydroxylation is 1. The second kappa shape index (κ2) is 9.03. The second-order valence-electron chi connectivity index (χ2n) is 8.78. The lowest BCUT2D eigenvalue weighted by atomic mass is 10.0. The highest BCUT2D eigenvalue weighted by atomic mass is 32.2. The first-order valence-electron chi connectivity index (χ1n) is 11.4. The van der Waals surface area contributed by atoms with Gasteiger partial charge in [0.2, 0.25) is 0 Å². The van der Waals surface area contributed by atoms with Crippen molar-refractivity contribution >= 4 is 31.9 Å². The highest BCUT2D eigenvalue weighted by molar-refractivity contribution is 7.90. The molecule has 38 heavy (non-hydrogen) atoms. The van der Waals surface area contributed by atoms with Crippen LogP contribution in [0.15, 0.2) is 55.4 Å². The first kappa shape index (κ1) is 23.7. The molecular weight excluding hydrogens is 514 g/mol. The smallest absolute Gasteiger partial charge is 0.184 e. The molecule has 10 nitrogen and oxygen atoms in total. The summed E-state index contributed by atoms with van der Waals surface area (Å²) in [5.74, 6) is -0.907. The number of fused-ring (bicyclic) bond motifs is 2. The molecule has 6 aromatic rings. The van der Waals surface area contributed by atoms with E-state index in [9.17, 15) is 12.8 Å². The zero-order valence-electron chi connectivity index (χ0n) is 19.8. The van der Waals surface area contributed by atoms with E-state index in [0.29, 0.717) is 33.4 Å². The van der Waals surface area contributed by atoms with Gasteiger partial charge < -0.3 is 4.98 Å². The topological polar surface area (TPSA) is 143 Å². The molecule has 0 aliphatic heterocycles. The lowest BCUT2D eigenvalue weighted by Crippen LogP contribution is -2.06. The highest BCUT2D eigenvalue weighted by Crippen LogP contribution is 2.34. The van der Waals surface area contributed by atoms with Crippen molar-refractivity contribution in [3.8, 4) is 33.9 Å². The minimum absolute atomic E-state index is 0.107. The Bertz CT molecular complexity index is 1940. The van der Waals surface area contributed by atoms with Gasteiger partial charge >= 0.3 is 0 Å². The third kappa shape index (κ3) is 4.36. The summed E-state index contributed by atoms with van der Waals surface area (Å²) in [7, 11) is -3.22. The maximum absolute atomic E-state index is 15.7. The average Bonchev–Trinajstić information content (AvgIpc) is 3.52. The third-order valence-electron chi connectivity index (χ3n) is 6.02. The van der Waals surface area contributed by atoms with Crippen molar-refractivity contribution in [2.24, 2.45) is 0 Å². The summed E-state index contributed by atoms with van der Waals surface area (Å²) in [5.41, 5.74) is 3.45. The lowest BCUT2D eigenvalue weighted by Gasteiger charge is -2.06. The van der Waals surface area contributed by atoms with Crippen molar-refractivity contribution in [3.63, 3.8) is 0 Å². The zero-order valence-corrected chi connectivity index (χ0v) is 20.6. The number of sulfone groups is 1. The summed E-state index contributed by atoms with van der Waals surface area (Å²) < 4.78 is 53.3. The van der Waals surface area contributed by atoms with Gasteiger partial charge in [-0.1, -0.05) is 0 Å². The van der Waals surface area contributed by atoms with Crippen LogP contribution in [0.5, 0.6) is 0 Å². The fraction of sp³-hybridized carbons (Fsp3) is 0.120. The number of nitrogens with one attached hydrogen (secondary N) is 2. The first-order chi connectivity index (χ1) is 18.3. The van der Waals surface area contributed by atoms with Crippen LogP contribution in [0.2, 0.25) is 0 Å². The Morgan fingerprint density at radius 2 is 1.82 bits per heavy atom. The molecule has 190 valence electrons. The number of pyridine rings is 2. The zero-order chi connectivity index (χ0) is 26.4. The van der Waals surface area contributed by atoms with Gasteiger partial charge in [-0.05, 0) is 36.2 Å². The molecule has 6 rings (SSSR count). The summed E-state index contributed by atoms with van der Waals surface area (Å²) in [6, 6.07) is 5.99. The molecule has 0 bridgehead atoms. The van der Waals surface area contributed by atoms with Crippen molar-refractivity contribution < 1.29 is 17.2 Å². The number of rotatable bonds is 6. The summed E-state index contributed by atoms with van der Waals surface area (Å²) in [5, 5.41) is 7.06. The van der Waals surface area contributed by atoms with Gasteiger partial charge in [-0.25, -0.2) is 37.1 Å². The largest absolute Gasteiger partial charge is 0.337 e. The van der Waals surface area contributed by atoms with E-state index < -0.39 is 21.5 Å². The third-order valence-corrected chi connectivity index (χ3v) is 6.97. The molecule has 0 fully saturated rings. The molecule has 0 spiro atoms. The number of nitrogens with zero attached hydrogens (tertiary/aromatic N) is 6. The van der Waals surface area contributed by atoms with Gasteiger partial charge in [0, 0.05) is 47.7 Å². The van der Waals surface area contributed by atoms with Crippen LogP contribution in [0.3, 0.4) is 0 Å². The molecule has 5 heterocycles. The molecule has 0 saturated heterocycles. The second-order valence-corrected chi connectivity index (χ2v) is 11.0. The van der Waals surface area contributed by atoms with Crippen LogP contribution in [0.25, 0.3) is 56.0 Å². The predicted molar refractivity (Wildman–Crippen MR) is 137 cm³/mol. The summed E-state index contributed by atoms with van der Waals surface area (Å²) in [6.45, 7) is 0. The van der Waals surface area contributed by atoms with Crippen LogP contribution in [-0.2, 0) is 16.3 Å². The molecule has 5 aromatic heterocycles. The van der Waals surface area contributed by atoms with E-state index in [-0.39, 0.29) is 40.3 Å². The van der Waals surface area contributed by atoms with E-state index in [0.717, 1.165) is 6.26 Å². The number of benzene rings is 1. The van der Waals surface area contributed by atoms with Crippen molar-refractivity contribution in [1.29, 1.82) is 0 Å². The molecule has 0 saturated carbocycles. The number of hydrogen-bond acceptors (Lipinski definition) is 8. The maximum atomic E-state index is 15.7. The predicted octanol–water partition coefficient (Wildman–Crippen LogP) is 3.89. The van der Waals surface area contributed by atoms with Crippen molar-refractivity contribution in [2.75, 3.05) is 12.0 Å². The van der Waals surface area contributed by atoms with Crippen LogP contribution >= 0.6 is 0 Å². The minimum atomic E-state index is -3.22. The Morgan fingerprint density at radius 1 is 1.00 bits per heavy atom. The van der Waals surface area contributed by atoms with Crippen LogP contribution < -0.4 is 0 Å². The number of aromatic nitrogens is 8. The number of aromatic amines is 2. The number of halogens is 2. The van der Waals surface area contributed by atoms with Gasteiger partial charge in [-0.3, -0.25) is 10.1 Å². The molecule has 0 atom stereocenters. The van der Waals surface area contributed by atoms with Crippen molar-refractivity contribution in [3.05, 3.63) is 72.6 Å². The molecule has 2 N–H and O–H groups in total. The van der Waals surface area contributed by atoms with E-state index >= 15 is 4.39 Å². The van der Waals surface area contributed by atoms with Crippen LogP contribution in [0, 0.1) is 11.6 Å². The van der Waals surface area contributed by atoms with Gasteiger partial charge in [-0.2, -0.15) is 5.10 Å². The highest BCUT2D eigenvalue weighted by Gasteiger charge is 2.21. The molecule has 1 aromatic carbocycles. The van der Waals surface area contributed by atoms with Crippen molar-refractivity contribution in [1.82, 2.24) is 40.1 Å². The average molecular weight is 533 g/mol. The molecule has 0 unspecified atom stereocenters. The van der Waals surface area contributed by atoms with Gasteiger partial charge in [-0.15, -0.1) is 0 Å². The Kier molecular flexibility index (Phi) is 5.64. The van der Waals surface area contributed by atoms with E-state index in [1.54, 1.807) is 18.3 Å². The van der Waals surface area contributed by atoms with Crippen LogP contribution in [0.4, 0.5) is 8.78 Å². The molecule has 0 aliphatic carbocycles. The Hall–Kier alpha value is -4.65. The van der Waals surface area contributed by atoms with Gasteiger partial charge in [0.25, 0.3) is 0 Å². The van der Waals surface area contributed by atoms with Gasteiger partial charge in [0.1, 0.15) is 39.0 Å². The Labute approximate surface area is 214 Å². The SMILES string of the molecule is CS(=O)(=O)CCc1cc(F)cc(-c2nccc3[nH]c(-c4[nH]nc5ncc(-c6cncnc6)c(F)c45)nc23)c1. The quantitative estimate of drug-likeness (QED) is 0.329. The Morgan fingerprint density at radius 3 is 2.61 bits per heavy atom. The molecule has 0 aliphatic rings. The summed E-state index contributed by atoms with van der Waals surface area (Å²) in [6.07, 6.45) is 8.53. The molecule has 0 radical (unpaired) electrons. The van der Waals surface area contributed by atoms with Gasteiger partial charge in [0.15, 0.2) is 11.5 Å². The lowest BCUT2D eigenvalue weighted by molar-refractivity contribution is 0.600. The molecular formula is C25H18F2N8O2S. The number of imidazole rings is 1. The normalized spacial score (nSPS) is 12.0. The van der Waals surface area contributed by atoms with Crippen molar-refractivity contribution in [2.45, 2.75) is 6.42 Å². The Balaban J connectivity index is 1.46. The van der Waals surface area contributed by atoms with E-state index in [2.05, 4.69) is 40.1 Å². The first-order valence-corrected chi connectivity index (χ1v) is 13.4. The minimum Gasteiger partial charge on any atom is -0.337 e. The van der Waals surface area contributed by atoms with E-state index in [1.165, 1.54) is 37.1 Å². The number of H-pyrrole nitrogens is 2. The fourth-order valence-corrected chi connectivity index (χ4v) is 4.87. The van der Waals surface area contributed by atoms with Crippen LogP contribution in [0.1, 0.15) is 5.56 Å². The summed E-state index contributed by atoms with van der Waals surface area (Å²) >= 11 is 0. The maximum Gasteiger partial charge on any atom is 0.184 e. The fourth-order valence-electron chi connectivity index (χ4n) is 4.26. The van der Waals surface area contributed by atoms with E-state index in [1.807, 2.05) is 0 Å². The standard InChI is InChI=1S/C25H18F2N8O2S/c1-38(36,37)5-3-13-6-14(8-16(26)7-13)21-22-18(2-4-30-21)32-25(33-22)23-19-20(27)17(11-31-24(19)35-34-23)15-9-28-12-29-10-15/h2,4,6-12H,3,5H2,1H3,(H,32,33)(H,31,34,35). The van der Waals surface area contributed by atoms with E-state index in [4.69, 9.17) is 0 Å². The molecule has 13 heteroatoms.